The van der Waals surface area contributed by atoms with Crippen molar-refractivity contribution < 1.29 is 4.79 Å². The molecule has 0 aromatic heterocycles. The standard InChI is InChI=1S/C8H14O.CH4/c1-8(2)5-3-4-7(9)6-8;/h3-6H2,1-2H3;1H4. The summed E-state index contributed by atoms with van der Waals surface area (Å²) in [6.45, 7) is 4.34. The van der Waals surface area contributed by atoms with Crippen molar-refractivity contribution in [3.63, 3.8) is 0 Å². The van der Waals surface area contributed by atoms with Crippen molar-refractivity contribution in [1.82, 2.24) is 0 Å². The predicted octanol–water partition coefficient (Wildman–Crippen LogP) is 2.79. The van der Waals surface area contributed by atoms with Crippen LogP contribution >= 0.6 is 0 Å². The first kappa shape index (κ1) is 9.67. The molecule has 0 aromatic rings. The molecule has 0 unspecified atom stereocenters. The Morgan fingerprint density at radius 3 is 2.30 bits per heavy atom. The van der Waals surface area contributed by atoms with Crippen molar-refractivity contribution in [2.24, 2.45) is 5.41 Å². The van der Waals surface area contributed by atoms with E-state index in [0.29, 0.717) is 11.2 Å². The van der Waals surface area contributed by atoms with E-state index in [1.165, 1.54) is 6.42 Å². The molecule has 0 amide bonds. The molecule has 1 nitrogen and oxygen atoms in total. The first-order valence-electron chi connectivity index (χ1n) is 3.62. The molecule has 1 aliphatic carbocycles. The second-order valence-corrected chi connectivity index (χ2v) is 3.73. The monoisotopic (exact) mass is 142 g/mol. The molecule has 1 fully saturated rings. The number of hydrogen-bond donors (Lipinski definition) is 0. The van der Waals surface area contributed by atoms with Gasteiger partial charge in [-0.05, 0) is 18.3 Å². The molecular formula is C9H18O. The summed E-state index contributed by atoms with van der Waals surface area (Å²) in [6.07, 6.45) is 3.95. The van der Waals surface area contributed by atoms with Gasteiger partial charge in [0.05, 0.1) is 0 Å². The van der Waals surface area contributed by atoms with Crippen molar-refractivity contribution in [2.45, 2.75) is 47.0 Å². The Morgan fingerprint density at radius 1 is 1.40 bits per heavy atom. The number of carbonyl (C=O) groups is 1. The quantitative estimate of drug-likeness (QED) is 0.508. The summed E-state index contributed by atoms with van der Waals surface area (Å²) in [4.78, 5) is 10.9. The molecule has 0 spiro atoms. The van der Waals surface area contributed by atoms with E-state index >= 15 is 0 Å². The maximum atomic E-state index is 10.9. The molecule has 0 N–H and O–H groups in total. The van der Waals surface area contributed by atoms with E-state index < -0.39 is 0 Å². The fraction of sp³-hybridized carbons (Fsp3) is 0.889. The van der Waals surface area contributed by atoms with Gasteiger partial charge in [-0.2, -0.15) is 0 Å². The average molecular weight is 142 g/mol. The minimum absolute atomic E-state index is 0. The van der Waals surface area contributed by atoms with Crippen molar-refractivity contribution in [2.75, 3.05) is 0 Å². The minimum Gasteiger partial charge on any atom is -0.300 e. The zero-order valence-corrected chi connectivity index (χ0v) is 6.24. The van der Waals surface area contributed by atoms with E-state index in [1.54, 1.807) is 0 Å². The molecule has 1 rings (SSSR count). The lowest BCUT2D eigenvalue weighted by Gasteiger charge is -2.27. The van der Waals surface area contributed by atoms with Crippen LogP contribution in [-0.2, 0) is 4.79 Å². The van der Waals surface area contributed by atoms with E-state index in [0.717, 1.165) is 19.3 Å². The van der Waals surface area contributed by atoms with Gasteiger partial charge in [-0.3, -0.25) is 4.79 Å². The molecule has 0 heterocycles. The summed E-state index contributed by atoms with van der Waals surface area (Å²) in [5, 5.41) is 0. The van der Waals surface area contributed by atoms with Crippen LogP contribution in [0.15, 0.2) is 0 Å². The third-order valence-electron chi connectivity index (χ3n) is 1.98. The minimum atomic E-state index is 0. The van der Waals surface area contributed by atoms with Crippen LogP contribution in [0.1, 0.15) is 47.0 Å². The summed E-state index contributed by atoms with van der Waals surface area (Å²) in [7, 11) is 0. The Morgan fingerprint density at radius 2 is 2.00 bits per heavy atom. The first-order chi connectivity index (χ1) is 4.10. The van der Waals surface area contributed by atoms with Gasteiger partial charge in [0.25, 0.3) is 0 Å². The number of carbonyl (C=O) groups excluding carboxylic acids is 1. The average Bonchev–Trinajstić information content (AvgIpc) is 1.60. The van der Waals surface area contributed by atoms with E-state index in [9.17, 15) is 4.79 Å². The zero-order chi connectivity index (χ0) is 6.91. The van der Waals surface area contributed by atoms with Gasteiger partial charge in [0.2, 0.25) is 0 Å². The van der Waals surface area contributed by atoms with Crippen LogP contribution in [0.25, 0.3) is 0 Å². The largest absolute Gasteiger partial charge is 0.300 e. The highest BCUT2D eigenvalue weighted by atomic mass is 16.1. The maximum absolute atomic E-state index is 10.9. The molecule has 10 heavy (non-hydrogen) atoms. The molecule has 0 bridgehead atoms. The van der Waals surface area contributed by atoms with Gasteiger partial charge in [-0.25, -0.2) is 0 Å². The van der Waals surface area contributed by atoms with Crippen molar-refractivity contribution >= 4 is 5.78 Å². The lowest BCUT2D eigenvalue weighted by Crippen LogP contribution is -2.21. The fourth-order valence-electron chi connectivity index (χ4n) is 1.47. The van der Waals surface area contributed by atoms with Crippen LogP contribution in [0.3, 0.4) is 0 Å². The number of rotatable bonds is 0. The van der Waals surface area contributed by atoms with Crippen molar-refractivity contribution in [3.05, 3.63) is 0 Å². The SMILES string of the molecule is C.CC1(C)CCCC(=O)C1. The Kier molecular flexibility index (Phi) is 3.07. The zero-order valence-electron chi connectivity index (χ0n) is 6.24. The van der Waals surface area contributed by atoms with E-state index in [2.05, 4.69) is 13.8 Å². The van der Waals surface area contributed by atoms with Gasteiger partial charge in [0.15, 0.2) is 0 Å². The van der Waals surface area contributed by atoms with Gasteiger partial charge in [0, 0.05) is 12.8 Å². The molecule has 60 valence electrons. The van der Waals surface area contributed by atoms with Crippen LogP contribution in [0.5, 0.6) is 0 Å². The van der Waals surface area contributed by atoms with Gasteiger partial charge < -0.3 is 0 Å². The highest BCUT2D eigenvalue weighted by Gasteiger charge is 2.25. The topological polar surface area (TPSA) is 17.1 Å². The molecule has 1 saturated carbocycles. The first-order valence-corrected chi connectivity index (χ1v) is 3.62. The third kappa shape index (κ3) is 2.51. The second kappa shape index (κ2) is 3.18. The van der Waals surface area contributed by atoms with Gasteiger partial charge in [-0.1, -0.05) is 21.3 Å². The van der Waals surface area contributed by atoms with E-state index in [4.69, 9.17) is 0 Å². The molecular weight excluding hydrogens is 124 g/mol. The summed E-state index contributed by atoms with van der Waals surface area (Å²) < 4.78 is 0. The third-order valence-corrected chi connectivity index (χ3v) is 1.98. The lowest BCUT2D eigenvalue weighted by atomic mass is 9.77. The van der Waals surface area contributed by atoms with Crippen LogP contribution in [0.4, 0.5) is 0 Å². The Hall–Kier alpha value is -0.330. The number of hydrogen-bond acceptors (Lipinski definition) is 1. The molecule has 0 radical (unpaired) electrons. The highest BCUT2D eigenvalue weighted by molar-refractivity contribution is 5.79. The summed E-state index contributed by atoms with van der Waals surface area (Å²) in [5.74, 6) is 0.450. The van der Waals surface area contributed by atoms with Crippen LogP contribution in [0.2, 0.25) is 0 Å². The molecule has 0 saturated heterocycles. The van der Waals surface area contributed by atoms with Crippen LogP contribution in [0, 0.1) is 5.41 Å². The summed E-state index contributed by atoms with van der Waals surface area (Å²) in [6, 6.07) is 0. The van der Waals surface area contributed by atoms with Crippen LogP contribution in [-0.4, -0.2) is 5.78 Å². The van der Waals surface area contributed by atoms with Gasteiger partial charge >= 0.3 is 0 Å². The maximum Gasteiger partial charge on any atom is 0.133 e. The normalized spacial score (nSPS) is 23.6. The van der Waals surface area contributed by atoms with Crippen molar-refractivity contribution in [3.8, 4) is 0 Å². The van der Waals surface area contributed by atoms with Gasteiger partial charge in [0.1, 0.15) is 5.78 Å². The molecule has 0 aliphatic heterocycles. The lowest BCUT2D eigenvalue weighted by molar-refractivity contribution is -0.122. The Bertz CT molecular complexity index is 125. The smallest absolute Gasteiger partial charge is 0.133 e. The molecule has 1 heteroatoms. The van der Waals surface area contributed by atoms with Gasteiger partial charge in [-0.15, -0.1) is 0 Å². The summed E-state index contributed by atoms with van der Waals surface area (Å²) >= 11 is 0. The predicted molar refractivity (Wildman–Crippen MR) is 44.0 cm³/mol. The fourth-order valence-corrected chi connectivity index (χ4v) is 1.47. The second-order valence-electron chi connectivity index (χ2n) is 3.73. The number of ketones is 1. The molecule has 0 atom stereocenters. The van der Waals surface area contributed by atoms with Crippen LogP contribution < -0.4 is 0 Å². The number of Topliss-reactive ketones (excluding diaryl/α,β-unsaturated/α-hetero) is 1. The van der Waals surface area contributed by atoms with E-state index in [1.807, 2.05) is 0 Å². The summed E-state index contributed by atoms with van der Waals surface area (Å²) in [5.41, 5.74) is 0.301. The molecule has 0 aromatic carbocycles. The van der Waals surface area contributed by atoms with Crippen molar-refractivity contribution in [1.29, 1.82) is 0 Å². The van der Waals surface area contributed by atoms with E-state index in [-0.39, 0.29) is 7.43 Å². The Labute approximate surface area is 63.8 Å². The highest BCUT2D eigenvalue weighted by Crippen LogP contribution is 2.32. The molecule has 1 aliphatic rings. The Balaban J connectivity index is 0.000000810.